The molecule has 2 rings (SSSR count). The van der Waals surface area contributed by atoms with Crippen molar-refractivity contribution in [2.75, 3.05) is 0 Å². The topological polar surface area (TPSA) is 69.4 Å². The van der Waals surface area contributed by atoms with E-state index in [2.05, 4.69) is 0 Å². The number of carbonyl (C=O) groups excluding carboxylic acids is 2. The molecule has 0 heterocycles. The zero-order chi connectivity index (χ0) is 15.9. The number of benzene rings is 2. The Labute approximate surface area is 129 Å². The number of amides is 1. The van der Waals surface area contributed by atoms with Gasteiger partial charge in [0.1, 0.15) is 12.4 Å². The van der Waals surface area contributed by atoms with Gasteiger partial charge in [0.25, 0.3) is 5.91 Å². The highest BCUT2D eigenvalue weighted by molar-refractivity contribution is 6.21. The number of hydrogen-bond acceptors (Lipinski definition) is 3. The highest BCUT2D eigenvalue weighted by Crippen LogP contribution is 2.16. The molecule has 4 heteroatoms. The Bertz CT molecular complexity index is 672. The maximum absolute atomic E-state index is 11.3. The lowest BCUT2D eigenvalue weighted by molar-refractivity contribution is -0.119. The molecule has 2 aromatic carbocycles. The molecule has 0 spiro atoms. The Kier molecular flexibility index (Phi) is 5.09. The van der Waals surface area contributed by atoms with Crippen LogP contribution in [0.1, 0.15) is 18.1 Å². The Morgan fingerprint density at radius 3 is 2.23 bits per heavy atom. The lowest BCUT2D eigenvalue weighted by Crippen LogP contribution is -2.18. The van der Waals surface area contributed by atoms with Gasteiger partial charge in [0, 0.05) is 0 Å². The van der Waals surface area contributed by atoms with Crippen molar-refractivity contribution in [1.29, 1.82) is 0 Å². The van der Waals surface area contributed by atoms with Crippen molar-refractivity contribution in [2.24, 2.45) is 5.73 Å². The molecule has 0 saturated heterocycles. The van der Waals surface area contributed by atoms with Crippen LogP contribution in [0, 0.1) is 0 Å². The predicted molar refractivity (Wildman–Crippen MR) is 85.1 cm³/mol. The first-order valence-electron chi connectivity index (χ1n) is 6.85. The molecule has 0 atom stereocenters. The lowest BCUT2D eigenvalue weighted by atomic mass is 10.1. The number of primary amides is 1. The fourth-order valence-electron chi connectivity index (χ4n) is 1.91. The molecule has 0 aliphatic rings. The van der Waals surface area contributed by atoms with Crippen molar-refractivity contribution in [2.45, 2.75) is 13.5 Å². The highest BCUT2D eigenvalue weighted by atomic mass is 16.5. The molecule has 4 nitrogen and oxygen atoms in total. The van der Waals surface area contributed by atoms with Crippen LogP contribution in [0.25, 0.3) is 6.08 Å². The van der Waals surface area contributed by atoms with E-state index in [0.29, 0.717) is 12.4 Å². The largest absolute Gasteiger partial charge is 0.489 e. The first-order chi connectivity index (χ1) is 10.6. The minimum absolute atomic E-state index is 0.0158. The van der Waals surface area contributed by atoms with Crippen molar-refractivity contribution in [3.63, 3.8) is 0 Å². The Morgan fingerprint density at radius 2 is 1.68 bits per heavy atom. The van der Waals surface area contributed by atoms with Crippen LogP contribution in [0.4, 0.5) is 0 Å². The summed E-state index contributed by atoms with van der Waals surface area (Å²) in [7, 11) is 0. The molecule has 0 aliphatic heterocycles. The first kappa shape index (κ1) is 15.5. The van der Waals surface area contributed by atoms with Gasteiger partial charge in [0.2, 0.25) is 0 Å². The van der Waals surface area contributed by atoms with Crippen LogP contribution >= 0.6 is 0 Å². The summed E-state index contributed by atoms with van der Waals surface area (Å²) in [4.78, 5) is 22.5. The standard InChI is InChI=1S/C18H17NO3/c1-13(20)17(18(19)21)11-14-7-9-16(10-8-14)22-12-15-5-3-2-4-6-15/h2-11H,12H2,1H3,(H2,19,21)/b17-11-. The van der Waals surface area contributed by atoms with Crippen LogP contribution < -0.4 is 10.5 Å². The summed E-state index contributed by atoms with van der Waals surface area (Å²) in [6.45, 7) is 1.80. The van der Waals surface area contributed by atoms with Gasteiger partial charge in [0.05, 0.1) is 5.57 Å². The molecular weight excluding hydrogens is 278 g/mol. The number of hydrogen-bond donors (Lipinski definition) is 1. The van der Waals surface area contributed by atoms with Gasteiger partial charge in [-0.3, -0.25) is 9.59 Å². The molecule has 0 aliphatic carbocycles. The zero-order valence-electron chi connectivity index (χ0n) is 12.3. The molecule has 0 unspecified atom stereocenters. The summed E-state index contributed by atoms with van der Waals surface area (Å²) >= 11 is 0. The lowest BCUT2D eigenvalue weighted by Gasteiger charge is -2.06. The van der Waals surface area contributed by atoms with Crippen LogP contribution in [0.15, 0.2) is 60.2 Å². The average Bonchev–Trinajstić information content (AvgIpc) is 2.52. The monoisotopic (exact) mass is 295 g/mol. The maximum atomic E-state index is 11.3. The minimum Gasteiger partial charge on any atom is -0.489 e. The summed E-state index contributed by atoms with van der Waals surface area (Å²) in [5, 5.41) is 0. The smallest absolute Gasteiger partial charge is 0.252 e. The first-order valence-corrected chi connectivity index (χ1v) is 6.85. The van der Waals surface area contributed by atoms with E-state index < -0.39 is 5.91 Å². The van der Waals surface area contributed by atoms with Gasteiger partial charge in [-0.1, -0.05) is 42.5 Å². The number of rotatable bonds is 6. The molecular formula is C18H17NO3. The maximum Gasteiger partial charge on any atom is 0.252 e. The van der Waals surface area contributed by atoms with Gasteiger partial charge in [-0.05, 0) is 36.3 Å². The molecule has 0 bridgehead atoms. The van der Waals surface area contributed by atoms with Gasteiger partial charge in [-0.25, -0.2) is 0 Å². The summed E-state index contributed by atoms with van der Waals surface area (Å²) < 4.78 is 5.67. The van der Waals surface area contributed by atoms with Crippen molar-refractivity contribution >= 4 is 17.8 Å². The van der Waals surface area contributed by atoms with Gasteiger partial charge >= 0.3 is 0 Å². The number of ketones is 1. The Balaban J connectivity index is 2.05. The van der Waals surface area contributed by atoms with E-state index in [1.807, 2.05) is 30.3 Å². The van der Waals surface area contributed by atoms with Crippen molar-refractivity contribution < 1.29 is 14.3 Å². The van der Waals surface area contributed by atoms with Crippen LogP contribution in [0.3, 0.4) is 0 Å². The minimum atomic E-state index is -0.725. The number of Topliss-reactive ketones (excluding diaryl/α,β-unsaturated/α-hetero) is 1. The quantitative estimate of drug-likeness (QED) is 0.506. The second-order valence-corrected chi connectivity index (χ2v) is 4.82. The van der Waals surface area contributed by atoms with E-state index in [9.17, 15) is 9.59 Å². The van der Waals surface area contributed by atoms with Crippen molar-refractivity contribution in [3.8, 4) is 5.75 Å². The third kappa shape index (κ3) is 4.31. The van der Waals surface area contributed by atoms with E-state index in [1.54, 1.807) is 24.3 Å². The number of carbonyl (C=O) groups is 2. The number of nitrogens with two attached hydrogens (primary N) is 1. The second-order valence-electron chi connectivity index (χ2n) is 4.82. The fraction of sp³-hybridized carbons (Fsp3) is 0.111. The predicted octanol–water partition coefficient (Wildman–Crippen LogP) is 2.72. The van der Waals surface area contributed by atoms with Crippen molar-refractivity contribution in [3.05, 3.63) is 71.3 Å². The van der Waals surface area contributed by atoms with Crippen LogP contribution in [0.5, 0.6) is 5.75 Å². The average molecular weight is 295 g/mol. The van der Waals surface area contributed by atoms with Gasteiger partial charge < -0.3 is 10.5 Å². The molecule has 112 valence electrons. The SMILES string of the molecule is CC(=O)/C(=C/c1ccc(OCc2ccccc2)cc1)C(N)=O. The second kappa shape index (κ2) is 7.22. The van der Waals surface area contributed by atoms with E-state index in [0.717, 1.165) is 11.1 Å². The van der Waals surface area contributed by atoms with E-state index in [-0.39, 0.29) is 11.4 Å². The fourth-order valence-corrected chi connectivity index (χ4v) is 1.91. The third-order valence-electron chi connectivity index (χ3n) is 3.08. The summed E-state index contributed by atoms with van der Waals surface area (Å²) in [6.07, 6.45) is 1.48. The summed E-state index contributed by atoms with van der Waals surface area (Å²) in [5.74, 6) is -0.363. The van der Waals surface area contributed by atoms with Gasteiger partial charge in [-0.2, -0.15) is 0 Å². The summed E-state index contributed by atoms with van der Waals surface area (Å²) in [6, 6.07) is 17.0. The van der Waals surface area contributed by atoms with E-state index in [1.165, 1.54) is 13.0 Å². The summed E-state index contributed by atoms with van der Waals surface area (Å²) in [5.41, 5.74) is 6.96. The normalized spacial score (nSPS) is 11.0. The molecule has 1 amide bonds. The third-order valence-corrected chi connectivity index (χ3v) is 3.08. The van der Waals surface area contributed by atoms with Gasteiger partial charge in [0.15, 0.2) is 5.78 Å². The highest BCUT2D eigenvalue weighted by Gasteiger charge is 2.10. The number of ether oxygens (including phenoxy) is 1. The van der Waals surface area contributed by atoms with Crippen molar-refractivity contribution in [1.82, 2.24) is 0 Å². The molecule has 2 aromatic rings. The molecule has 2 N–H and O–H groups in total. The van der Waals surface area contributed by atoms with Gasteiger partial charge in [-0.15, -0.1) is 0 Å². The van der Waals surface area contributed by atoms with E-state index in [4.69, 9.17) is 10.5 Å². The molecule has 0 aromatic heterocycles. The molecule has 0 fully saturated rings. The zero-order valence-corrected chi connectivity index (χ0v) is 12.3. The molecule has 0 radical (unpaired) electrons. The molecule has 0 saturated carbocycles. The van der Waals surface area contributed by atoms with Crippen LogP contribution in [-0.2, 0) is 16.2 Å². The van der Waals surface area contributed by atoms with Crippen LogP contribution in [0.2, 0.25) is 0 Å². The van der Waals surface area contributed by atoms with E-state index >= 15 is 0 Å². The Morgan fingerprint density at radius 1 is 1.05 bits per heavy atom. The Hall–Kier alpha value is -2.88. The van der Waals surface area contributed by atoms with Crippen LogP contribution in [-0.4, -0.2) is 11.7 Å². The molecule has 22 heavy (non-hydrogen) atoms.